The molecule has 2 saturated heterocycles. The molecule has 0 spiro atoms. The van der Waals surface area contributed by atoms with Gasteiger partial charge in [0, 0.05) is 64.0 Å². The number of ether oxygens (including phenoxy) is 1. The van der Waals surface area contributed by atoms with Crippen LogP contribution in [0.1, 0.15) is 36.6 Å². The van der Waals surface area contributed by atoms with Gasteiger partial charge in [-0.1, -0.05) is 0 Å². The second-order valence-electron chi connectivity index (χ2n) is 9.35. The average molecular weight is 517 g/mol. The number of Topliss-reactive ketones (excluding diaryl/α,β-unsaturated/α-hetero) is 1. The standard InChI is InChI=1S/C25H27F3N6O3/c26-18-11-17(12-19(27)13-18)22-1-4-30-34(22)25(36)33-7-5-32(6-8-33)24-29-15-20(28)21(31-24)14-23(35)16-2-9-37-10-3-16/h4,11-13,15-16,22H,1-3,5-10,14H2/t22-/m0/s1. The number of nitrogens with zero attached hydrogens (tertiary/aromatic N) is 6. The average Bonchev–Trinajstić information content (AvgIpc) is 3.40. The number of rotatable bonds is 5. The monoisotopic (exact) mass is 516 g/mol. The summed E-state index contributed by atoms with van der Waals surface area (Å²) in [6.45, 7) is 2.49. The third-order valence-electron chi connectivity index (χ3n) is 6.95. The highest BCUT2D eigenvalue weighted by molar-refractivity contribution is 5.83. The summed E-state index contributed by atoms with van der Waals surface area (Å²) in [7, 11) is 0. The summed E-state index contributed by atoms with van der Waals surface area (Å²) >= 11 is 0. The van der Waals surface area contributed by atoms with Crippen molar-refractivity contribution in [3.63, 3.8) is 0 Å². The molecule has 2 aromatic rings. The number of carbonyl (C=O) groups is 2. The fourth-order valence-electron chi connectivity index (χ4n) is 4.88. The molecule has 0 saturated carbocycles. The number of benzene rings is 1. The van der Waals surface area contributed by atoms with Crippen molar-refractivity contribution in [2.45, 2.75) is 31.7 Å². The van der Waals surface area contributed by atoms with Crippen LogP contribution in [0.15, 0.2) is 29.5 Å². The van der Waals surface area contributed by atoms with Crippen molar-refractivity contribution in [2.75, 3.05) is 44.3 Å². The lowest BCUT2D eigenvalue weighted by molar-refractivity contribution is -0.125. The first-order valence-corrected chi connectivity index (χ1v) is 12.3. The van der Waals surface area contributed by atoms with Crippen LogP contribution in [-0.4, -0.2) is 77.3 Å². The minimum Gasteiger partial charge on any atom is -0.381 e. The summed E-state index contributed by atoms with van der Waals surface area (Å²) < 4.78 is 47.1. The Bertz CT molecular complexity index is 1180. The molecule has 0 radical (unpaired) electrons. The Hall–Kier alpha value is -3.54. The van der Waals surface area contributed by atoms with Gasteiger partial charge in [-0.05, 0) is 30.5 Å². The predicted octanol–water partition coefficient (Wildman–Crippen LogP) is 3.11. The molecule has 2 fully saturated rings. The van der Waals surface area contributed by atoms with E-state index in [0.717, 1.165) is 12.3 Å². The van der Waals surface area contributed by atoms with Crippen LogP contribution in [0.3, 0.4) is 0 Å². The zero-order valence-electron chi connectivity index (χ0n) is 20.2. The Kier molecular flexibility index (Phi) is 7.36. The fraction of sp³-hybridized carbons (Fsp3) is 0.480. The number of halogens is 3. The molecule has 3 aliphatic rings. The summed E-state index contributed by atoms with van der Waals surface area (Å²) in [5, 5.41) is 5.39. The first kappa shape index (κ1) is 25.1. The lowest BCUT2D eigenvalue weighted by Crippen LogP contribution is -2.52. The summed E-state index contributed by atoms with van der Waals surface area (Å²) in [4.78, 5) is 37.6. The molecule has 1 aromatic carbocycles. The normalized spacial score (nSPS) is 20.5. The third-order valence-corrected chi connectivity index (χ3v) is 6.95. The third kappa shape index (κ3) is 5.58. The maximum absolute atomic E-state index is 14.4. The van der Waals surface area contributed by atoms with E-state index in [1.807, 2.05) is 4.90 Å². The lowest BCUT2D eigenvalue weighted by atomic mass is 9.92. The number of hydrogen-bond acceptors (Lipinski definition) is 7. The molecule has 5 rings (SSSR count). The van der Waals surface area contributed by atoms with Gasteiger partial charge >= 0.3 is 6.03 Å². The molecule has 0 N–H and O–H groups in total. The number of urea groups is 1. The maximum atomic E-state index is 14.4. The molecular weight excluding hydrogens is 489 g/mol. The number of anilines is 1. The van der Waals surface area contributed by atoms with Crippen molar-refractivity contribution in [1.82, 2.24) is 19.9 Å². The van der Waals surface area contributed by atoms with E-state index in [1.165, 1.54) is 17.1 Å². The molecule has 2 amide bonds. The topological polar surface area (TPSA) is 91.2 Å². The number of hydrazone groups is 1. The molecule has 12 heteroatoms. The molecule has 4 heterocycles. The SMILES string of the molecule is O=C(Cc1nc(N2CCN(C(=O)N3N=CC[C@H]3c3cc(F)cc(F)c3)CC2)ncc1F)C1CCOCC1. The van der Waals surface area contributed by atoms with Gasteiger partial charge in [0.25, 0.3) is 0 Å². The van der Waals surface area contributed by atoms with Crippen molar-refractivity contribution < 1.29 is 27.5 Å². The predicted molar refractivity (Wildman–Crippen MR) is 127 cm³/mol. The van der Waals surface area contributed by atoms with Gasteiger partial charge in [-0.2, -0.15) is 5.10 Å². The molecule has 3 aliphatic heterocycles. The van der Waals surface area contributed by atoms with Gasteiger partial charge in [0.2, 0.25) is 5.95 Å². The van der Waals surface area contributed by atoms with Crippen molar-refractivity contribution in [1.29, 1.82) is 0 Å². The van der Waals surface area contributed by atoms with Gasteiger partial charge in [-0.3, -0.25) is 4.79 Å². The number of amides is 2. The molecule has 37 heavy (non-hydrogen) atoms. The first-order valence-electron chi connectivity index (χ1n) is 12.3. The molecule has 9 nitrogen and oxygen atoms in total. The van der Waals surface area contributed by atoms with E-state index in [-0.39, 0.29) is 29.8 Å². The highest BCUT2D eigenvalue weighted by Crippen LogP contribution is 2.30. The van der Waals surface area contributed by atoms with E-state index in [9.17, 15) is 22.8 Å². The van der Waals surface area contributed by atoms with E-state index in [0.29, 0.717) is 70.2 Å². The summed E-state index contributed by atoms with van der Waals surface area (Å²) in [6.07, 6.45) is 4.15. The second kappa shape index (κ2) is 10.8. The van der Waals surface area contributed by atoms with Gasteiger partial charge in [0.1, 0.15) is 17.4 Å². The summed E-state index contributed by atoms with van der Waals surface area (Å²) in [6, 6.07) is 2.24. The quantitative estimate of drug-likeness (QED) is 0.607. The van der Waals surface area contributed by atoms with Crippen LogP contribution in [0.25, 0.3) is 0 Å². The fourth-order valence-corrected chi connectivity index (χ4v) is 4.88. The highest BCUT2D eigenvalue weighted by Gasteiger charge is 2.34. The smallest absolute Gasteiger partial charge is 0.341 e. The number of hydrogen-bond donors (Lipinski definition) is 0. The van der Waals surface area contributed by atoms with Crippen LogP contribution in [-0.2, 0) is 16.0 Å². The van der Waals surface area contributed by atoms with Crippen LogP contribution < -0.4 is 4.90 Å². The van der Waals surface area contributed by atoms with E-state index in [4.69, 9.17) is 4.74 Å². The highest BCUT2D eigenvalue weighted by atomic mass is 19.1. The minimum absolute atomic E-state index is 0.0545. The summed E-state index contributed by atoms with van der Waals surface area (Å²) in [5.41, 5.74) is 0.404. The number of carbonyl (C=O) groups excluding carboxylic acids is 2. The number of aromatic nitrogens is 2. The molecule has 0 bridgehead atoms. The van der Waals surface area contributed by atoms with Crippen molar-refractivity contribution in [3.8, 4) is 0 Å². The lowest BCUT2D eigenvalue weighted by Gasteiger charge is -2.37. The number of piperazine rings is 1. The second-order valence-corrected chi connectivity index (χ2v) is 9.35. The summed E-state index contributed by atoms with van der Waals surface area (Å²) in [5.74, 6) is -1.95. The maximum Gasteiger partial charge on any atom is 0.341 e. The Balaban J connectivity index is 1.21. The van der Waals surface area contributed by atoms with Crippen molar-refractivity contribution in [2.24, 2.45) is 11.0 Å². The number of ketones is 1. The molecular formula is C25H27F3N6O3. The molecule has 1 aromatic heterocycles. The van der Waals surface area contributed by atoms with E-state index >= 15 is 0 Å². The molecule has 1 atom stereocenters. The van der Waals surface area contributed by atoms with E-state index in [2.05, 4.69) is 15.1 Å². The van der Waals surface area contributed by atoms with Gasteiger partial charge < -0.3 is 14.5 Å². The van der Waals surface area contributed by atoms with Crippen LogP contribution in [0.4, 0.5) is 23.9 Å². The van der Waals surface area contributed by atoms with Gasteiger partial charge in [0.05, 0.1) is 24.4 Å². The van der Waals surface area contributed by atoms with Gasteiger partial charge in [0.15, 0.2) is 5.82 Å². The Morgan fingerprint density at radius 3 is 2.41 bits per heavy atom. The Labute approximate surface area is 211 Å². The van der Waals surface area contributed by atoms with Gasteiger partial charge in [-0.25, -0.2) is 32.9 Å². The van der Waals surface area contributed by atoms with Crippen LogP contribution in [0, 0.1) is 23.4 Å². The molecule has 0 aliphatic carbocycles. The first-order chi connectivity index (χ1) is 17.9. The molecule has 196 valence electrons. The van der Waals surface area contributed by atoms with Gasteiger partial charge in [-0.15, -0.1) is 0 Å². The van der Waals surface area contributed by atoms with Crippen LogP contribution >= 0.6 is 0 Å². The van der Waals surface area contributed by atoms with E-state index < -0.39 is 23.5 Å². The zero-order valence-corrected chi connectivity index (χ0v) is 20.2. The van der Waals surface area contributed by atoms with Crippen LogP contribution in [0.2, 0.25) is 0 Å². The van der Waals surface area contributed by atoms with Crippen LogP contribution in [0.5, 0.6) is 0 Å². The van der Waals surface area contributed by atoms with Crippen molar-refractivity contribution >= 4 is 24.0 Å². The zero-order chi connectivity index (χ0) is 25.9. The Morgan fingerprint density at radius 1 is 1.00 bits per heavy atom. The Morgan fingerprint density at radius 2 is 1.70 bits per heavy atom. The molecule has 0 unspecified atom stereocenters. The van der Waals surface area contributed by atoms with E-state index in [1.54, 1.807) is 11.1 Å². The van der Waals surface area contributed by atoms with Crippen molar-refractivity contribution in [3.05, 3.63) is 53.1 Å². The minimum atomic E-state index is -0.712. The largest absolute Gasteiger partial charge is 0.381 e.